The van der Waals surface area contributed by atoms with Gasteiger partial charge in [-0.25, -0.2) is 0 Å². The van der Waals surface area contributed by atoms with Crippen LogP contribution in [0.15, 0.2) is 0 Å². The van der Waals surface area contributed by atoms with Crippen molar-refractivity contribution in [2.45, 2.75) is 57.2 Å². The molecule has 1 aliphatic heterocycles. The van der Waals surface area contributed by atoms with Gasteiger partial charge in [0.25, 0.3) is 0 Å². The first kappa shape index (κ1) is 14.2. The quantitative estimate of drug-likeness (QED) is 0.323. The molecule has 0 radical (unpaired) electrons. The van der Waals surface area contributed by atoms with E-state index in [1.165, 1.54) is 7.11 Å². The maximum Gasteiger partial charge on any atom is 0.305 e. The first-order valence-corrected chi connectivity index (χ1v) is 7.43. The summed E-state index contributed by atoms with van der Waals surface area (Å²) < 4.78 is 11.7. The summed E-state index contributed by atoms with van der Waals surface area (Å²) >= 11 is 2.39. The van der Waals surface area contributed by atoms with Crippen molar-refractivity contribution in [2.75, 3.05) is 11.5 Å². The third-order valence-corrected chi connectivity index (χ3v) is 4.73. The zero-order valence-electron chi connectivity index (χ0n) is 10.1. The standard InChI is InChI=1S/C12H21IO3/c1-12(9-13)8-7-10(16-12)5-3-4-6-11(14)15-2/h10H,3-9H2,1-2H3. The minimum absolute atomic E-state index is 0.0908. The van der Waals surface area contributed by atoms with Gasteiger partial charge in [-0.05, 0) is 32.6 Å². The zero-order chi connectivity index (χ0) is 12.0. The number of rotatable bonds is 6. The van der Waals surface area contributed by atoms with Crippen LogP contribution in [0.4, 0.5) is 0 Å². The third-order valence-electron chi connectivity index (χ3n) is 3.11. The van der Waals surface area contributed by atoms with Gasteiger partial charge in [-0.1, -0.05) is 29.0 Å². The summed E-state index contributed by atoms with van der Waals surface area (Å²) in [6.45, 7) is 2.19. The molecule has 0 aromatic carbocycles. The van der Waals surface area contributed by atoms with Crippen molar-refractivity contribution >= 4 is 28.6 Å². The molecule has 0 amide bonds. The summed E-state index contributed by atoms with van der Waals surface area (Å²) in [5.74, 6) is -0.107. The third kappa shape index (κ3) is 4.57. The summed E-state index contributed by atoms with van der Waals surface area (Å²) in [7, 11) is 1.44. The molecule has 0 N–H and O–H groups in total. The predicted molar refractivity (Wildman–Crippen MR) is 71.9 cm³/mol. The Morgan fingerprint density at radius 3 is 2.88 bits per heavy atom. The smallest absolute Gasteiger partial charge is 0.305 e. The van der Waals surface area contributed by atoms with Gasteiger partial charge in [0.1, 0.15) is 0 Å². The highest BCUT2D eigenvalue weighted by molar-refractivity contribution is 14.1. The van der Waals surface area contributed by atoms with Crippen LogP contribution < -0.4 is 0 Å². The van der Waals surface area contributed by atoms with Crippen LogP contribution >= 0.6 is 22.6 Å². The second-order valence-electron chi connectivity index (χ2n) is 4.68. The summed E-state index contributed by atoms with van der Waals surface area (Å²) in [5, 5.41) is 0. The number of hydrogen-bond donors (Lipinski definition) is 0. The molecule has 3 nitrogen and oxygen atoms in total. The highest BCUT2D eigenvalue weighted by Gasteiger charge is 2.34. The number of esters is 1. The lowest BCUT2D eigenvalue weighted by Crippen LogP contribution is -2.26. The van der Waals surface area contributed by atoms with E-state index >= 15 is 0 Å². The molecule has 1 heterocycles. The predicted octanol–water partition coefficient (Wildman–Crippen LogP) is 3.09. The summed E-state index contributed by atoms with van der Waals surface area (Å²) in [5.41, 5.74) is 0.0908. The maximum atomic E-state index is 10.9. The van der Waals surface area contributed by atoms with E-state index < -0.39 is 0 Å². The van der Waals surface area contributed by atoms with E-state index in [1.807, 2.05) is 0 Å². The second-order valence-corrected chi connectivity index (χ2v) is 5.45. The van der Waals surface area contributed by atoms with E-state index in [2.05, 4.69) is 34.3 Å². The zero-order valence-corrected chi connectivity index (χ0v) is 12.3. The molecule has 1 aliphatic rings. The number of carbonyl (C=O) groups excluding carboxylic acids is 1. The number of methoxy groups -OCH3 is 1. The first-order valence-electron chi connectivity index (χ1n) is 5.90. The van der Waals surface area contributed by atoms with E-state index in [4.69, 9.17) is 4.74 Å². The molecule has 0 aromatic rings. The Balaban J connectivity index is 2.09. The van der Waals surface area contributed by atoms with Crippen LogP contribution in [0.3, 0.4) is 0 Å². The Morgan fingerprint density at radius 1 is 1.56 bits per heavy atom. The minimum atomic E-state index is -0.107. The molecular formula is C12H21IO3. The van der Waals surface area contributed by atoms with Crippen molar-refractivity contribution < 1.29 is 14.3 Å². The molecule has 0 aromatic heterocycles. The van der Waals surface area contributed by atoms with E-state index in [0.717, 1.165) is 36.5 Å². The Bertz CT molecular complexity index is 232. The fraction of sp³-hybridized carbons (Fsp3) is 0.917. The number of halogens is 1. The molecule has 0 aliphatic carbocycles. The van der Waals surface area contributed by atoms with Crippen molar-refractivity contribution in [1.29, 1.82) is 0 Å². The van der Waals surface area contributed by atoms with Gasteiger partial charge in [0, 0.05) is 10.8 Å². The van der Waals surface area contributed by atoms with Crippen LogP contribution in [0.1, 0.15) is 45.4 Å². The van der Waals surface area contributed by atoms with Gasteiger partial charge in [-0.2, -0.15) is 0 Å². The number of ether oxygens (including phenoxy) is 2. The van der Waals surface area contributed by atoms with Crippen LogP contribution in [0.25, 0.3) is 0 Å². The lowest BCUT2D eigenvalue weighted by Gasteiger charge is -2.22. The normalized spacial score (nSPS) is 29.3. The van der Waals surface area contributed by atoms with E-state index in [9.17, 15) is 4.79 Å². The average molecular weight is 340 g/mol. The summed E-state index contributed by atoms with van der Waals surface area (Å²) in [4.78, 5) is 10.9. The number of alkyl halides is 1. The molecule has 0 bridgehead atoms. The summed E-state index contributed by atoms with van der Waals surface area (Å²) in [6.07, 6.45) is 6.30. The molecule has 1 fully saturated rings. The summed E-state index contributed by atoms with van der Waals surface area (Å²) in [6, 6.07) is 0. The lowest BCUT2D eigenvalue weighted by molar-refractivity contribution is -0.140. The van der Waals surface area contributed by atoms with Crippen molar-refractivity contribution in [2.24, 2.45) is 0 Å². The van der Waals surface area contributed by atoms with Crippen LogP contribution in [0, 0.1) is 0 Å². The Morgan fingerprint density at radius 2 is 2.31 bits per heavy atom. The molecule has 16 heavy (non-hydrogen) atoms. The number of hydrogen-bond acceptors (Lipinski definition) is 3. The molecular weight excluding hydrogens is 319 g/mol. The van der Waals surface area contributed by atoms with Crippen molar-refractivity contribution in [3.05, 3.63) is 0 Å². The van der Waals surface area contributed by atoms with Gasteiger partial charge < -0.3 is 9.47 Å². The van der Waals surface area contributed by atoms with Gasteiger partial charge in [-0.15, -0.1) is 0 Å². The second kappa shape index (κ2) is 6.79. The molecule has 4 heteroatoms. The fourth-order valence-corrected chi connectivity index (χ4v) is 2.59. The maximum absolute atomic E-state index is 10.9. The Labute approximate surface area is 111 Å². The van der Waals surface area contributed by atoms with Gasteiger partial charge >= 0.3 is 5.97 Å². The molecule has 1 saturated heterocycles. The van der Waals surface area contributed by atoms with Gasteiger partial charge in [-0.3, -0.25) is 4.79 Å². The van der Waals surface area contributed by atoms with Gasteiger partial charge in [0.15, 0.2) is 0 Å². The van der Waals surface area contributed by atoms with E-state index in [1.54, 1.807) is 0 Å². The lowest BCUT2D eigenvalue weighted by atomic mass is 10.0. The van der Waals surface area contributed by atoms with Gasteiger partial charge in [0.05, 0.1) is 18.8 Å². The van der Waals surface area contributed by atoms with Crippen LogP contribution in [0.5, 0.6) is 0 Å². The minimum Gasteiger partial charge on any atom is -0.469 e. The molecule has 1 rings (SSSR count). The largest absolute Gasteiger partial charge is 0.469 e. The van der Waals surface area contributed by atoms with Crippen LogP contribution in [-0.2, 0) is 14.3 Å². The highest BCUT2D eigenvalue weighted by atomic mass is 127. The van der Waals surface area contributed by atoms with Crippen LogP contribution in [-0.4, -0.2) is 29.2 Å². The average Bonchev–Trinajstić information content (AvgIpc) is 2.67. The molecule has 2 unspecified atom stereocenters. The monoisotopic (exact) mass is 340 g/mol. The molecule has 94 valence electrons. The topological polar surface area (TPSA) is 35.5 Å². The number of carbonyl (C=O) groups is 1. The Kier molecular flexibility index (Phi) is 6.03. The van der Waals surface area contributed by atoms with Crippen molar-refractivity contribution in [3.63, 3.8) is 0 Å². The van der Waals surface area contributed by atoms with Crippen molar-refractivity contribution in [1.82, 2.24) is 0 Å². The van der Waals surface area contributed by atoms with Gasteiger partial charge in [0.2, 0.25) is 0 Å². The Hall–Kier alpha value is 0.160. The fourth-order valence-electron chi connectivity index (χ4n) is 2.03. The van der Waals surface area contributed by atoms with Crippen LogP contribution in [0.2, 0.25) is 0 Å². The highest BCUT2D eigenvalue weighted by Crippen LogP contribution is 2.33. The van der Waals surface area contributed by atoms with E-state index in [-0.39, 0.29) is 11.6 Å². The number of unbranched alkanes of at least 4 members (excludes halogenated alkanes) is 1. The molecule has 0 saturated carbocycles. The van der Waals surface area contributed by atoms with Crippen molar-refractivity contribution in [3.8, 4) is 0 Å². The van der Waals surface area contributed by atoms with E-state index in [0.29, 0.717) is 12.5 Å². The molecule has 0 spiro atoms. The SMILES string of the molecule is COC(=O)CCCCC1CCC(C)(CI)O1. The molecule has 2 atom stereocenters. The first-order chi connectivity index (χ1) is 7.59.